The highest BCUT2D eigenvalue weighted by Gasteiger charge is 2.25. The molecule has 0 saturated heterocycles. The van der Waals surface area contributed by atoms with E-state index in [0.717, 1.165) is 4.74 Å². The molecule has 9 heteroatoms. The van der Waals surface area contributed by atoms with Crippen LogP contribution in [0.1, 0.15) is 22.8 Å². The van der Waals surface area contributed by atoms with E-state index in [1.165, 1.54) is 33.5 Å². The number of hydrogen-bond donors (Lipinski definition) is 1. The summed E-state index contributed by atoms with van der Waals surface area (Å²) in [6.07, 6.45) is 1.53. The fraction of sp³-hybridized carbons (Fsp3) is 0.263. The summed E-state index contributed by atoms with van der Waals surface area (Å²) in [5.74, 6) is -0.0430. The monoisotopic (exact) mass is 388 g/mol. The summed E-state index contributed by atoms with van der Waals surface area (Å²) >= 11 is 0. The number of nitrogens with zero attached hydrogens (tertiary/aromatic N) is 3. The van der Waals surface area contributed by atoms with Gasteiger partial charge in [-0.25, -0.2) is 4.79 Å². The number of hydroxylamine groups is 1. The van der Waals surface area contributed by atoms with Crippen molar-refractivity contribution in [3.05, 3.63) is 48.0 Å². The van der Waals surface area contributed by atoms with E-state index in [9.17, 15) is 10.0 Å². The van der Waals surface area contributed by atoms with E-state index in [1.807, 2.05) is 0 Å². The Labute approximate surface area is 162 Å². The molecular formula is C19H22N3O6+. The average Bonchev–Trinajstić information content (AvgIpc) is 2.72. The third-order valence-electron chi connectivity index (χ3n) is 3.77. The molecule has 2 aromatic rings. The van der Waals surface area contributed by atoms with Crippen molar-refractivity contribution in [1.82, 2.24) is 9.97 Å². The number of carbonyl (C=O) groups is 1. The standard InChI is InChI=1S/C19H22N3O6/c1-6-10-22(24)12(2)13-8-7-9-14(17(13)18(23)27-5)28-19-20-15(25-3)11-16(21-19)26-4/h6-9,11,24H,1,10H2,2-5H3/q+1. The first kappa shape index (κ1) is 20.7. The number of benzene rings is 1. The topological polar surface area (TPSA) is 103 Å². The predicted molar refractivity (Wildman–Crippen MR) is 99.9 cm³/mol. The third kappa shape index (κ3) is 4.56. The minimum atomic E-state index is -0.646. The molecule has 148 valence electrons. The van der Waals surface area contributed by atoms with E-state index in [0.29, 0.717) is 11.3 Å². The molecule has 0 unspecified atom stereocenters. The molecule has 1 heterocycles. The second kappa shape index (κ2) is 9.36. The highest BCUT2D eigenvalue weighted by molar-refractivity contribution is 6.07. The van der Waals surface area contributed by atoms with Gasteiger partial charge in [-0.15, -0.1) is 0 Å². The minimum Gasteiger partial charge on any atom is -0.481 e. The highest BCUT2D eigenvalue weighted by atomic mass is 16.5. The van der Waals surface area contributed by atoms with Gasteiger partial charge in [0.05, 0.1) is 33.0 Å². The Morgan fingerprint density at radius 3 is 2.39 bits per heavy atom. The first-order chi connectivity index (χ1) is 13.4. The Bertz CT molecular complexity index is 888. The first-order valence-corrected chi connectivity index (χ1v) is 8.22. The number of aromatic nitrogens is 2. The Balaban J connectivity index is 2.59. The van der Waals surface area contributed by atoms with Crippen molar-refractivity contribution in [1.29, 1.82) is 0 Å². The zero-order valence-corrected chi connectivity index (χ0v) is 16.1. The largest absolute Gasteiger partial charge is 0.481 e. The summed E-state index contributed by atoms with van der Waals surface area (Å²) in [4.78, 5) is 20.6. The van der Waals surface area contributed by atoms with Crippen molar-refractivity contribution in [3.63, 3.8) is 0 Å². The van der Waals surface area contributed by atoms with Crippen LogP contribution in [0.2, 0.25) is 0 Å². The van der Waals surface area contributed by atoms with Crippen LogP contribution >= 0.6 is 0 Å². The molecule has 0 aliphatic rings. The second-order valence-electron chi connectivity index (χ2n) is 5.46. The Morgan fingerprint density at radius 1 is 1.21 bits per heavy atom. The quantitative estimate of drug-likeness (QED) is 0.184. The minimum absolute atomic E-state index is 0.0805. The summed E-state index contributed by atoms with van der Waals surface area (Å²) in [5.41, 5.74) is 0.939. The smallest absolute Gasteiger partial charge is 0.342 e. The summed E-state index contributed by atoms with van der Waals surface area (Å²) in [5, 5.41) is 10.1. The van der Waals surface area contributed by atoms with Crippen molar-refractivity contribution in [2.45, 2.75) is 6.92 Å². The molecule has 0 aliphatic heterocycles. The Morgan fingerprint density at radius 2 is 1.86 bits per heavy atom. The van der Waals surface area contributed by atoms with Gasteiger partial charge in [0.2, 0.25) is 24.0 Å². The molecule has 2 rings (SSSR count). The molecular weight excluding hydrogens is 366 g/mol. The lowest BCUT2D eigenvalue weighted by molar-refractivity contribution is -0.768. The van der Waals surface area contributed by atoms with Crippen molar-refractivity contribution in [3.8, 4) is 23.5 Å². The van der Waals surface area contributed by atoms with Crippen LogP contribution in [0.5, 0.6) is 23.5 Å². The molecule has 9 nitrogen and oxygen atoms in total. The maximum absolute atomic E-state index is 12.5. The van der Waals surface area contributed by atoms with Gasteiger partial charge < -0.3 is 18.9 Å². The lowest BCUT2D eigenvalue weighted by atomic mass is 10.0. The number of rotatable bonds is 8. The number of hydrogen-bond acceptors (Lipinski definition) is 8. The van der Waals surface area contributed by atoms with Gasteiger partial charge in [-0.1, -0.05) is 12.6 Å². The normalized spacial score (nSPS) is 11.3. The van der Waals surface area contributed by atoms with Crippen LogP contribution < -0.4 is 14.2 Å². The molecule has 1 aromatic carbocycles. The summed E-state index contributed by atoms with van der Waals surface area (Å²) < 4.78 is 21.8. The maximum Gasteiger partial charge on any atom is 0.342 e. The highest BCUT2D eigenvalue weighted by Crippen LogP contribution is 2.29. The van der Waals surface area contributed by atoms with Crippen molar-refractivity contribution in [2.24, 2.45) is 0 Å². The van der Waals surface area contributed by atoms with E-state index in [-0.39, 0.29) is 35.6 Å². The molecule has 28 heavy (non-hydrogen) atoms. The van der Waals surface area contributed by atoms with Gasteiger partial charge in [0.15, 0.2) is 0 Å². The molecule has 0 bridgehead atoms. The van der Waals surface area contributed by atoms with E-state index < -0.39 is 5.97 Å². The zero-order chi connectivity index (χ0) is 20.7. The van der Waals surface area contributed by atoms with Gasteiger partial charge in [-0.3, -0.25) is 5.21 Å². The van der Waals surface area contributed by atoms with Crippen molar-refractivity contribution < 1.29 is 33.7 Å². The average molecular weight is 388 g/mol. The zero-order valence-electron chi connectivity index (χ0n) is 16.1. The molecule has 0 aliphatic carbocycles. The van der Waals surface area contributed by atoms with Crippen molar-refractivity contribution in [2.75, 3.05) is 27.9 Å². The lowest BCUT2D eigenvalue weighted by Gasteiger charge is -2.12. The SMILES string of the molecule is C=CC[N+](O)=C(C)c1cccc(Oc2nc(OC)cc(OC)n2)c1C(=O)OC. The van der Waals surface area contributed by atoms with E-state index in [4.69, 9.17) is 18.9 Å². The van der Waals surface area contributed by atoms with E-state index in [2.05, 4.69) is 16.5 Å². The Hall–Kier alpha value is -3.62. The van der Waals surface area contributed by atoms with Crippen LogP contribution in [0.25, 0.3) is 0 Å². The van der Waals surface area contributed by atoms with Gasteiger partial charge in [-0.05, 0) is 22.9 Å². The fourth-order valence-electron chi connectivity index (χ4n) is 2.37. The molecule has 0 atom stereocenters. The second-order valence-corrected chi connectivity index (χ2v) is 5.46. The molecule has 0 spiro atoms. The van der Waals surface area contributed by atoms with Crippen LogP contribution in [-0.2, 0) is 4.74 Å². The fourth-order valence-corrected chi connectivity index (χ4v) is 2.37. The molecule has 1 N–H and O–H groups in total. The molecule has 0 radical (unpaired) electrons. The summed E-state index contributed by atoms with van der Waals surface area (Å²) in [6.45, 7) is 5.41. The van der Waals surface area contributed by atoms with E-state index in [1.54, 1.807) is 25.1 Å². The molecule has 1 aromatic heterocycles. The number of ether oxygens (including phenoxy) is 4. The van der Waals surface area contributed by atoms with Crippen LogP contribution in [0.3, 0.4) is 0 Å². The molecule has 0 saturated carbocycles. The van der Waals surface area contributed by atoms with Crippen LogP contribution in [0, 0.1) is 0 Å². The summed E-state index contributed by atoms with van der Waals surface area (Å²) in [7, 11) is 4.14. The Kier molecular flexibility index (Phi) is 6.91. The number of methoxy groups -OCH3 is 3. The molecule has 0 fully saturated rings. The van der Waals surface area contributed by atoms with E-state index >= 15 is 0 Å². The van der Waals surface area contributed by atoms with Gasteiger partial charge in [-0.2, -0.15) is 9.97 Å². The van der Waals surface area contributed by atoms with Crippen LogP contribution in [-0.4, -0.2) is 59.5 Å². The third-order valence-corrected chi connectivity index (χ3v) is 3.77. The molecule has 0 amide bonds. The van der Waals surface area contributed by atoms with Gasteiger partial charge in [0, 0.05) is 6.92 Å². The summed E-state index contributed by atoms with van der Waals surface area (Å²) in [6, 6.07) is 6.30. The number of carbonyl (C=O) groups excluding carboxylic acids is 1. The number of esters is 1. The van der Waals surface area contributed by atoms with Crippen LogP contribution in [0.4, 0.5) is 0 Å². The predicted octanol–water partition coefficient (Wildman–Crippen LogP) is 2.47. The van der Waals surface area contributed by atoms with Crippen molar-refractivity contribution >= 4 is 11.7 Å². The van der Waals surface area contributed by atoms with Gasteiger partial charge in [0.25, 0.3) is 0 Å². The van der Waals surface area contributed by atoms with Gasteiger partial charge in [0.1, 0.15) is 11.3 Å². The first-order valence-electron chi connectivity index (χ1n) is 8.22. The van der Waals surface area contributed by atoms with Gasteiger partial charge >= 0.3 is 12.0 Å². The lowest BCUT2D eigenvalue weighted by Crippen LogP contribution is -2.20. The maximum atomic E-state index is 12.5. The van der Waals surface area contributed by atoms with Crippen LogP contribution in [0.15, 0.2) is 36.9 Å².